The van der Waals surface area contributed by atoms with Gasteiger partial charge in [0.15, 0.2) is 5.54 Å². The molecule has 20 heavy (non-hydrogen) atoms. The molecule has 0 bridgehead atoms. The average molecular weight is 277 g/mol. The maximum atomic E-state index is 11.9. The minimum Gasteiger partial charge on any atom is -0.479 e. The number of hydrogen-bond donors (Lipinski definition) is 1. The second-order valence-electron chi connectivity index (χ2n) is 5.35. The zero-order chi connectivity index (χ0) is 15.5. The first kappa shape index (κ1) is 16.2. The van der Waals surface area contributed by atoms with Gasteiger partial charge in [0.05, 0.1) is 0 Å². The number of carboxylic acid groups (broad SMARTS) is 1. The fraction of sp³-hybridized carbons (Fsp3) is 0.500. The summed E-state index contributed by atoms with van der Waals surface area (Å²) in [6, 6.07) is 5.55. The lowest BCUT2D eigenvalue weighted by molar-refractivity contribution is -0.158. The summed E-state index contributed by atoms with van der Waals surface area (Å²) in [5.74, 6) is -1.24. The highest BCUT2D eigenvalue weighted by Crippen LogP contribution is 2.30. The number of carboxylic acids is 1. The van der Waals surface area contributed by atoms with Crippen molar-refractivity contribution < 1.29 is 14.7 Å². The van der Waals surface area contributed by atoms with Gasteiger partial charge in [-0.3, -0.25) is 4.79 Å². The lowest BCUT2D eigenvalue weighted by atomic mass is 9.87. The molecule has 1 aromatic carbocycles. The van der Waals surface area contributed by atoms with E-state index < -0.39 is 11.5 Å². The first-order chi connectivity index (χ1) is 9.25. The second-order valence-corrected chi connectivity index (χ2v) is 5.35. The van der Waals surface area contributed by atoms with Gasteiger partial charge >= 0.3 is 5.97 Å². The smallest absolute Gasteiger partial charge is 0.334 e. The summed E-state index contributed by atoms with van der Waals surface area (Å²) in [7, 11) is 0. The van der Waals surface area contributed by atoms with Gasteiger partial charge in [-0.15, -0.1) is 0 Å². The van der Waals surface area contributed by atoms with E-state index in [9.17, 15) is 14.7 Å². The zero-order valence-corrected chi connectivity index (χ0v) is 12.9. The van der Waals surface area contributed by atoms with E-state index in [2.05, 4.69) is 0 Å². The van der Waals surface area contributed by atoms with Crippen LogP contribution in [0.1, 0.15) is 43.9 Å². The molecule has 1 N–H and O–H groups in total. The number of aliphatic carboxylic acids is 1. The van der Waals surface area contributed by atoms with Crippen molar-refractivity contribution in [2.24, 2.45) is 0 Å². The van der Waals surface area contributed by atoms with E-state index in [4.69, 9.17) is 0 Å². The maximum Gasteiger partial charge on any atom is 0.334 e. The number of rotatable bonds is 5. The molecule has 1 rings (SSSR count). The number of carbonyl (C=O) groups excluding carboxylic acids is 1. The molecule has 4 heteroatoms. The topological polar surface area (TPSA) is 57.6 Å². The molecule has 1 amide bonds. The quantitative estimate of drug-likeness (QED) is 0.900. The van der Waals surface area contributed by atoms with Crippen molar-refractivity contribution in [1.29, 1.82) is 0 Å². The molecule has 0 saturated carbocycles. The second kappa shape index (κ2) is 6.07. The van der Waals surface area contributed by atoms with Gasteiger partial charge < -0.3 is 10.0 Å². The van der Waals surface area contributed by atoms with Crippen LogP contribution in [0.5, 0.6) is 0 Å². The Kier molecular flexibility index (Phi) is 4.93. The van der Waals surface area contributed by atoms with Gasteiger partial charge in [-0.05, 0) is 43.9 Å². The monoisotopic (exact) mass is 277 g/mol. The normalized spacial score (nSPS) is 13.7. The summed E-state index contributed by atoms with van der Waals surface area (Å²) in [4.78, 5) is 25.1. The molecule has 0 saturated heterocycles. The first-order valence-corrected chi connectivity index (χ1v) is 6.84. The summed E-state index contributed by atoms with van der Waals surface area (Å²) < 4.78 is 0. The third-order valence-corrected chi connectivity index (χ3v) is 3.85. The molecule has 0 spiro atoms. The van der Waals surface area contributed by atoms with Crippen LogP contribution in [-0.4, -0.2) is 28.4 Å². The van der Waals surface area contributed by atoms with Gasteiger partial charge in [-0.1, -0.05) is 25.1 Å². The van der Waals surface area contributed by atoms with Crippen LogP contribution < -0.4 is 0 Å². The average Bonchev–Trinajstić information content (AvgIpc) is 2.37. The van der Waals surface area contributed by atoms with Crippen LogP contribution in [0.3, 0.4) is 0 Å². The first-order valence-electron chi connectivity index (χ1n) is 6.84. The van der Waals surface area contributed by atoms with Crippen molar-refractivity contribution in [3.63, 3.8) is 0 Å². The van der Waals surface area contributed by atoms with E-state index in [1.165, 1.54) is 11.8 Å². The number of amides is 1. The zero-order valence-electron chi connectivity index (χ0n) is 12.9. The Hall–Kier alpha value is -1.84. The van der Waals surface area contributed by atoms with Crippen molar-refractivity contribution in [3.8, 4) is 0 Å². The Morgan fingerprint density at radius 2 is 1.85 bits per heavy atom. The third kappa shape index (κ3) is 2.84. The Balaban J connectivity index is 3.43. The fourth-order valence-electron chi connectivity index (χ4n) is 2.36. The van der Waals surface area contributed by atoms with E-state index in [1.807, 2.05) is 32.9 Å². The molecule has 0 aliphatic carbocycles. The molecular formula is C16H23NO3. The van der Waals surface area contributed by atoms with Crippen LogP contribution >= 0.6 is 0 Å². The molecule has 1 atom stereocenters. The van der Waals surface area contributed by atoms with Crippen LogP contribution in [0.25, 0.3) is 0 Å². The molecule has 110 valence electrons. The molecule has 0 radical (unpaired) electrons. The molecule has 4 nitrogen and oxygen atoms in total. The molecule has 0 aromatic heterocycles. The minimum absolute atomic E-state index is 0.227. The molecule has 0 fully saturated rings. The van der Waals surface area contributed by atoms with E-state index in [1.54, 1.807) is 13.0 Å². The number of nitrogens with zero attached hydrogens (tertiary/aromatic N) is 1. The number of hydrogen-bond acceptors (Lipinski definition) is 2. The SMILES string of the molecule is CCCN(C(C)=O)C(C)(C(=O)O)c1ccc(C)c(C)c1. The summed E-state index contributed by atoms with van der Waals surface area (Å²) in [6.07, 6.45) is 0.716. The van der Waals surface area contributed by atoms with E-state index in [0.717, 1.165) is 11.1 Å². The van der Waals surface area contributed by atoms with Gasteiger partial charge in [0.1, 0.15) is 0 Å². The highest BCUT2D eigenvalue weighted by Gasteiger charge is 2.42. The molecule has 1 aromatic rings. The van der Waals surface area contributed by atoms with E-state index >= 15 is 0 Å². The number of carbonyl (C=O) groups is 2. The Bertz CT molecular complexity index is 524. The lowest BCUT2D eigenvalue weighted by Crippen LogP contribution is -2.52. The van der Waals surface area contributed by atoms with Crippen LogP contribution in [0, 0.1) is 13.8 Å². The molecule has 0 aliphatic heterocycles. The third-order valence-electron chi connectivity index (χ3n) is 3.85. The van der Waals surface area contributed by atoms with Crippen molar-refractivity contribution in [3.05, 3.63) is 34.9 Å². The van der Waals surface area contributed by atoms with E-state index in [-0.39, 0.29) is 5.91 Å². The molecule has 0 heterocycles. The molecule has 0 aliphatic rings. The number of aryl methyl sites for hydroxylation is 2. The predicted octanol–water partition coefficient (Wildman–Crippen LogP) is 2.86. The molecular weight excluding hydrogens is 254 g/mol. The lowest BCUT2D eigenvalue weighted by Gasteiger charge is -2.38. The summed E-state index contributed by atoms with van der Waals surface area (Å²) >= 11 is 0. The maximum absolute atomic E-state index is 11.9. The van der Waals surface area contributed by atoms with Crippen LogP contribution in [0.2, 0.25) is 0 Å². The van der Waals surface area contributed by atoms with Crippen LogP contribution in [0.4, 0.5) is 0 Å². The highest BCUT2D eigenvalue weighted by atomic mass is 16.4. The summed E-state index contributed by atoms with van der Waals surface area (Å²) in [6.45, 7) is 9.28. The Labute approximate surface area is 120 Å². The van der Waals surface area contributed by atoms with E-state index in [0.29, 0.717) is 18.5 Å². The fourth-order valence-corrected chi connectivity index (χ4v) is 2.36. The highest BCUT2D eigenvalue weighted by molar-refractivity contribution is 5.87. The number of benzene rings is 1. The van der Waals surface area contributed by atoms with Gasteiger partial charge in [0.25, 0.3) is 0 Å². The minimum atomic E-state index is -1.33. The predicted molar refractivity (Wildman–Crippen MR) is 78.6 cm³/mol. The van der Waals surface area contributed by atoms with Gasteiger partial charge in [0.2, 0.25) is 5.91 Å². The van der Waals surface area contributed by atoms with Crippen molar-refractivity contribution >= 4 is 11.9 Å². The van der Waals surface area contributed by atoms with Crippen LogP contribution in [0.15, 0.2) is 18.2 Å². The van der Waals surface area contributed by atoms with Crippen LogP contribution in [-0.2, 0) is 15.1 Å². The molecule has 1 unspecified atom stereocenters. The van der Waals surface area contributed by atoms with Crippen molar-refractivity contribution in [2.45, 2.75) is 46.6 Å². The standard InChI is InChI=1S/C16H23NO3/c1-6-9-17(13(4)18)16(5,15(19)20)14-8-7-11(2)12(3)10-14/h7-8,10H,6,9H2,1-5H3,(H,19,20). The summed E-state index contributed by atoms with van der Waals surface area (Å²) in [5, 5.41) is 9.70. The van der Waals surface area contributed by atoms with Gasteiger partial charge in [0, 0.05) is 13.5 Å². The van der Waals surface area contributed by atoms with Gasteiger partial charge in [-0.2, -0.15) is 0 Å². The van der Waals surface area contributed by atoms with Crippen molar-refractivity contribution in [1.82, 2.24) is 4.90 Å². The Morgan fingerprint density at radius 1 is 1.25 bits per heavy atom. The largest absolute Gasteiger partial charge is 0.479 e. The Morgan fingerprint density at radius 3 is 2.25 bits per heavy atom. The van der Waals surface area contributed by atoms with Gasteiger partial charge in [-0.25, -0.2) is 4.79 Å². The summed E-state index contributed by atoms with van der Waals surface area (Å²) in [5.41, 5.74) is 1.43. The van der Waals surface area contributed by atoms with Crippen molar-refractivity contribution in [2.75, 3.05) is 6.54 Å².